The number of benzene rings is 3. The van der Waals surface area contributed by atoms with E-state index < -0.39 is 20.0 Å². The summed E-state index contributed by atoms with van der Waals surface area (Å²) in [6, 6.07) is 16.3. The van der Waals surface area contributed by atoms with Crippen molar-refractivity contribution in [3.8, 4) is 0 Å². The first-order valence-corrected chi connectivity index (χ1v) is 13.2. The van der Waals surface area contributed by atoms with Crippen LogP contribution >= 0.6 is 23.2 Å². The molecule has 0 aliphatic rings. The first kappa shape index (κ1) is 24.4. The molecule has 3 rings (SSSR count). The zero-order valence-corrected chi connectivity index (χ0v) is 20.7. The molecule has 0 amide bonds. The standard InChI is InChI=1S/C22H22Cl2N2O4S2/c1-22(2,3)15-4-8-20(9-5-15)31(27,28)25-18-6-10-21(11-7-18)32(29,30)26-19-13-16(23)12-17(24)14-19/h4-14,25-26H,1-3H3. The highest BCUT2D eigenvalue weighted by Gasteiger charge is 2.19. The predicted octanol–water partition coefficient (Wildman–Crippen LogP) is 5.89. The molecule has 3 aromatic carbocycles. The fourth-order valence-electron chi connectivity index (χ4n) is 2.88. The molecule has 170 valence electrons. The molecule has 32 heavy (non-hydrogen) atoms. The minimum absolute atomic E-state index is 0.0499. The number of hydrogen-bond acceptors (Lipinski definition) is 4. The summed E-state index contributed by atoms with van der Waals surface area (Å²) in [6.45, 7) is 6.13. The SMILES string of the molecule is CC(C)(C)c1ccc(S(=O)(=O)Nc2ccc(S(=O)(=O)Nc3cc(Cl)cc(Cl)c3)cc2)cc1. The van der Waals surface area contributed by atoms with Crippen LogP contribution in [-0.2, 0) is 25.5 Å². The normalized spacial score (nSPS) is 12.4. The van der Waals surface area contributed by atoms with Crippen LogP contribution in [0.3, 0.4) is 0 Å². The topological polar surface area (TPSA) is 92.3 Å². The van der Waals surface area contributed by atoms with E-state index in [9.17, 15) is 16.8 Å². The quantitative estimate of drug-likeness (QED) is 0.430. The molecule has 0 saturated heterocycles. The van der Waals surface area contributed by atoms with E-state index in [0.717, 1.165) is 5.56 Å². The van der Waals surface area contributed by atoms with Gasteiger partial charge in [0, 0.05) is 15.7 Å². The number of halogens is 2. The zero-order chi connectivity index (χ0) is 23.7. The van der Waals surface area contributed by atoms with Crippen molar-refractivity contribution in [2.45, 2.75) is 36.0 Å². The monoisotopic (exact) mass is 512 g/mol. The molecule has 0 radical (unpaired) electrons. The van der Waals surface area contributed by atoms with Crippen LogP contribution in [0.5, 0.6) is 0 Å². The average Bonchev–Trinajstić information content (AvgIpc) is 2.66. The minimum Gasteiger partial charge on any atom is -0.280 e. The first-order chi connectivity index (χ1) is 14.8. The second-order valence-electron chi connectivity index (χ2n) is 8.17. The van der Waals surface area contributed by atoms with Crippen molar-refractivity contribution in [3.63, 3.8) is 0 Å². The molecule has 0 heterocycles. The van der Waals surface area contributed by atoms with Gasteiger partial charge in [-0.1, -0.05) is 56.1 Å². The maximum Gasteiger partial charge on any atom is 0.261 e. The largest absolute Gasteiger partial charge is 0.280 e. The van der Waals surface area contributed by atoms with Crippen molar-refractivity contribution in [2.75, 3.05) is 9.44 Å². The molecular formula is C22H22Cl2N2O4S2. The van der Waals surface area contributed by atoms with Gasteiger partial charge in [-0.3, -0.25) is 9.44 Å². The summed E-state index contributed by atoms with van der Waals surface area (Å²) in [4.78, 5) is 0.0628. The summed E-state index contributed by atoms with van der Waals surface area (Å²) in [6.07, 6.45) is 0. The molecule has 0 saturated carbocycles. The van der Waals surface area contributed by atoms with Crippen LogP contribution in [0.15, 0.2) is 76.5 Å². The van der Waals surface area contributed by atoms with Gasteiger partial charge in [0.05, 0.1) is 15.5 Å². The summed E-state index contributed by atoms with van der Waals surface area (Å²) in [5.41, 5.74) is 1.36. The van der Waals surface area contributed by atoms with Crippen LogP contribution in [0.25, 0.3) is 0 Å². The summed E-state index contributed by atoms with van der Waals surface area (Å²) in [5, 5.41) is 0.575. The van der Waals surface area contributed by atoms with Gasteiger partial charge in [0.15, 0.2) is 0 Å². The fourth-order valence-corrected chi connectivity index (χ4v) is 5.50. The van der Waals surface area contributed by atoms with Crippen LogP contribution in [0.4, 0.5) is 11.4 Å². The van der Waals surface area contributed by atoms with Crippen molar-refractivity contribution in [2.24, 2.45) is 0 Å². The number of sulfonamides is 2. The molecule has 0 aromatic heterocycles. The van der Waals surface area contributed by atoms with E-state index in [1.54, 1.807) is 24.3 Å². The molecule has 6 nitrogen and oxygen atoms in total. The summed E-state index contributed by atoms with van der Waals surface area (Å²) in [5.74, 6) is 0. The lowest BCUT2D eigenvalue weighted by atomic mass is 9.87. The second kappa shape index (κ2) is 8.94. The van der Waals surface area contributed by atoms with Gasteiger partial charge in [0.2, 0.25) is 0 Å². The van der Waals surface area contributed by atoms with Gasteiger partial charge in [-0.15, -0.1) is 0 Å². The van der Waals surface area contributed by atoms with Crippen molar-refractivity contribution in [3.05, 3.63) is 82.3 Å². The van der Waals surface area contributed by atoms with Gasteiger partial charge in [0.25, 0.3) is 20.0 Å². The maximum absolute atomic E-state index is 12.7. The third-order valence-electron chi connectivity index (χ3n) is 4.56. The molecule has 10 heteroatoms. The van der Waals surface area contributed by atoms with Crippen LogP contribution < -0.4 is 9.44 Å². The minimum atomic E-state index is -3.92. The van der Waals surface area contributed by atoms with Gasteiger partial charge >= 0.3 is 0 Å². The molecular weight excluding hydrogens is 491 g/mol. The molecule has 0 spiro atoms. The Kier molecular flexibility index (Phi) is 6.81. The number of nitrogens with one attached hydrogen (secondary N) is 2. The van der Waals surface area contributed by atoms with E-state index in [1.165, 1.54) is 42.5 Å². The predicted molar refractivity (Wildman–Crippen MR) is 130 cm³/mol. The van der Waals surface area contributed by atoms with Crippen LogP contribution in [0, 0.1) is 0 Å². The second-order valence-corrected chi connectivity index (χ2v) is 12.4. The molecule has 3 aromatic rings. The molecule has 0 bridgehead atoms. The van der Waals surface area contributed by atoms with Crippen LogP contribution in [0.2, 0.25) is 10.0 Å². The Hall–Kier alpha value is -2.26. The summed E-state index contributed by atoms with van der Waals surface area (Å²) in [7, 11) is -7.75. The lowest BCUT2D eigenvalue weighted by Crippen LogP contribution is -2.15. The van der Waals surface area contributed by atoms with Gasteiger partial charge < -0.3 is 0 Å². The molecule has 0 aliphatic heterocycles. The number of anilines is 2. The van der Waals surface area contributed by atoms with Gasteiger partial charge in [-0.05, 0) is 65.6 Å². The third-order valence-corrected chi connectivity index (χ3v) is 7.79. The van der Waals surface area contributed by atoms with E-state index in [4.69, 9.17) is 23.2 Å². The van der Waals surface area contributed by atoms with Crippen LogP contribution in [0.1, 0.15) is 26.3 Å². The number of hydrogen-bond donors (Lipinski definition) is 2. The summed E-state index contributed by atoms with van der Waals surface area (Å²) >= 11 is 11.8. The van der Waals surface area contributed by atoms with E-state index in [2.05, 4.69) is 9.44 Å². The Morgan fingerprint density at radius 2 is 1.03 bits per heavy atom. The van der Waals surface area contributed by atoms with Crippen molar-refractivity contribution >= 4 is 54.6 Å². The Labute approximate surface area is 198 Å². The lowest BCUT2D eigenvalue weighted by molar-refractivity contribution is 0.587. The Morgan fingerprint density at radius 3 is 1.47 bits per heavy atom. The fraction of sp³-hybridized carbons (Fsp3) is 0.182. The van der Waals surface area contributed by atoms with Gasteiger partial charge in [0.1, 0.15) is 0 Å². The van der Waals surface area contributed by atoms with Crippen molar-refractivity contribution in [1.82, 2.24) is 0 Å². The van der Waals surface area contributed by atoms with Crippen molar-refractivity contribution in [1.29, 1.82) is 0 Å². The Balaban J connectivity index is 1.77. The molecule has 2 N–H and O–H groups in total. The highest BCUT2D eigenvalue weighted by molar-refractivity contribution is 7.93. The average molecular weight is 513 g/mol. The smallest absolute Gasteiger partial charge is 0.261 e. The molecule has 0 fully saturated rings. The van der Waals surface area contributed by atoms with E-state index in [0.29, 0.717) is 0 Å². The van der Waals surface area contributed by atoms with Gasteiger partial charge in [-0.25, -0.2) is 16.8 Å². The van der Waals surface area contributed by atoms with Crippen molar-refractivity contribution < 1.29 is 16.8 Å². The molecule has 0 unspecified atom stereocenters. The Morgan fingerprint density at radius 1 is 0.625 bits per heavy atom. The van der Waals surface area contributed by atoms with Gasteiger partial charge in [-0.2, -0.15) is 0 Å². The highest BCUT2D eigenvalue weighted by Crippen LogP contribution is 2.26. The molecule has 0 atom stereocenters. The summed E-state index contributed by atoms with van der Waals surface area (Å²) < 4.78 is 55.5. The van der Waals surface area contributed by atoms with Crippen LogP contribution in [-0.4, -0.2) is 16.8 Å². The molecule has 0 aliphatic carbocycles. The van der Waals surface area contributed by atoms with E-state index >= 15 is 0 Å². The number of rotatable bonds is 6. The maximum atomic E-state index is 12.7. The zero-order valence-electron chi connectivity index (χ0n) is 17.6. The Bertz CT molecular complexity index is 1310. The highest BCUT2D eigenvalue weighted by atomic mass is 35.5. The lowest BCUT2D eigenvalue weighted by Gasteiger charge is -2.19. The first-order valence-electron chi connectivity index (χ1n) is 9.49. The third kappa shape index (κ3) is 5.95. The van der Waals surface area contributed by atoms with E-state index in [1.807, 2.05) is 20.8 Å². The van der Waals surface area contributed by atoms with E-state index in [-0.39, 0.29) is 36.6 Å².